The molecule has 1 saturated heterocycles. The molecule has 2 rings (SSSR count). The molecule has 0 N–H and O–H groups in total. The van der Waals surface area contributed by atoms with E-state index < -0.39 is 0 Å². The van der Waals surface area contributed by atoms with Gasteiger partial charge in [-0.25, -0.2) is 0 Å². The third-order valence-electron chi connectivity index (χ3n) is 3.04. The van der Waals surface area contributed by atoms with Crippen molar-refractivity contribution in [1.82, 2.24) is 0 Å². The van der Waals surface area contributed by atoms with Crippen molar-refractivity contribution in [1.29, 1.82) is 0 Å². The highest BCUT2D eigenvalue weighted by atomic mass is 32.2. The summed E-state index contributed by atoms with van der Waals surface area (Å²) >= 11 is 1.95. The minimum absolute atomic E-state index is 0.228. The van der Waals surface area contributed by atoms with Crippen LogP contribution in [0.25, 0.3) is 0 Å². The smallest absolute Gasteiger partial charge is 0.229 e. The van der Waals surface area contributed by atoms with Gasteiger partial charge in [0.2, 0.25) is 5.91 Å². The predicted molar refractivity (Wildman–Crippen MR) is 69.9 cm³/mol. The number of amides is 1. The van der Waals surface area contributed by atoms with E-state index >= 15 is 0 Å². The third kappa shape index (κ3) is 2.59. The third-order valence-corrected chi connectivity index (χ3v) is 4.09. The lowest BCUT2D eigenvalue weighted by molar-refractivity contribution is -0.122. The zero-order chi connectivity index (χ0) is 11.4. The summed E-state index contributed by atoms with van der Waals surface area (Å²) in [4.78, 5) is 14.0. The Hall–Kier alpha value is -0.960. The van der Waals surface area contributed by atoms with E-state index in [1.54, 1.807) is 4.90 Å². The Kier molecular flexibility index (Phi) is 3.88. The molecule has 3 heteroatoms. The summed E-state index contributed by atoms with van der Waals surface area (Å²) in [7, 11) is 1.87. The molecule has 1 heterocycles. The van der Waals surface area contributed by atoms with Gasteiger partial charge in [0.05, 0.1) is 0 Å². The number of rotatable bonds is 2. The number of benzene rings is 1. The highest BCUT2D eigenvalue weighted by Gasteiger charge is 2.24. The van der Waals surface area contributed by atoms with Crippen molar-refractivity contribution in [2.24, 2.45) is 5.92 Å². The maximum atomic E-state index is 12.2. The largest absolute Gasteiger partial charge is 0.315 e. The Balaban J connectivity index is 2.04. The molecule has 1 fully saturated rings. The summed E-state index contributed by atoms with van der Waals surface area (Å²) < 4.78 is 0. The molecular weight excluding hydrogens is 218 g/mol. The number of carbonyl (C=O) groups is 1. The van der Waals surface area contributed by atoms with Gasteiger partial charge in [-0.2, -0.15) is 11.8 Å². The SMILES string of the molecule is CN(C(=O)C1CCSCC1)c1ccccc1. The van der Waals surface area contributed by atoms with Crippen LogP contribution < -0.4 is 4.90 Å². The van der Waals surface area contributed by atoms with Crippen molar-refractivity contribution in [2.45, 2.75) is 12.8 Å². The van der Waals surface area contributed by atoms with Crippen molar-refractivity contribution in [3.8, 4) is 0 Å². The molecule has 1 aliphatic heterocycles. The number of anilines is 1. The van der Waals surface area contributed by atoms with Crippen LogP contribution in [-0.2, 0) is 4.79 Å². The quantitative estimate of drug-likeness (QED) is 0.785. The first-order valence-corrected chi connectivity index (χ1v) is 6.85. The van der Waals surface area contributed by atoms with E-state index in [0.29, 0.717) is 0 Å². The van der Waals surface area contributed by atoms with Crippen LogP contribution in [0.3, 0.4) is 0 Å². The first-order chi connectivity index (χ1) is 7.79. The van der Waals surface area contributed by atoms with Crippen LogP contribution in [0, 0.1) is 5.92 Å². The molecule has 86 valence electrons. The number of thioether (sulfide) groups is 1. The number of hydrogen-bond donors (Lipinski definition) is 0. The van der Waals surface area contributed by atoms with Gasteiger partial charge in [-0.3, -0.25) is 4.79 Å². The fourth-order valence-electron chi connectivity index (χ4n) is 2.00. The van der Waals surface area contributed by atoms with Gasteiger partial charge in [0.15, 0.2) is 0 Å². The van der Waals surface area contributed by atoms with Crippen LogP contribution in [0.2, 0.25) is 0 Å². The van der Waals surface area contributed by atoms with E-state index in [9.17, 15) is 4.79 Å². The van der Waals surface area contributed by atoms with E-state index in [1.807, 2.05) is 49.1 Å². The Labute approximate surface area is 101 Å². The molecule has 1 amide bonds. The Morgan fingerprint density at radius 2 is 1.88 bits per heavy atom. The van der Waals surface area contributed by atoms with Crippen molar-refractivity contribution in [3.63, 3.8) is 0 Å². The van der Waals surface area contributed by atoms with Crippen LogP contribution >= 0.6 is 11.8 Å². The zero-order valence-electron chi connectivity index (χ0n) is 9.56. The Bertz CT molecular complexity index is 346. The van der Waals surface area contributed by atoms with Crippen LogP contribution in [0.5, 0.6) is 0 Å². The minimum atomic E-state index is 0.228. The van der Waals surface area contributed by atoms with Crippen molar-refractivity contribution < 1.29 is 4.79 Å². The summed E-state index contributed by atoms with van der Waals surface area (Å²) in [6.07, 6.45) is 2.06. The molecule has 0 aromatic heterocycles. The van der Waals surface area contributed by atoms with Gasteiger partial charge >= 0.3 is 0 Å². The van der Waals surface area contributed by atoms with Crippen molar-refractivity contribution in [3.05, 3.63) is 30.3 Å². The summed E-state index contributed by atoms with van der Waals surface area (Å²) in [5.41, 5.74) is 0.991. The number of carbonyl (C=O) groups excluding carboxylic acids is 1. The molecule has 0 bridgehead atoms. The second-order valence-electron chi connectivity index (χ2n) is 4.12. The second-order valence-corrected chi connectivity index (χ2v) is 5.34. The fourth-order valence-corrected chi connectivity index (χ4v) is 3.10. The summed E-state index contributed by atoms with van der Waals surface area (Å²) in [5, 5.41) is 0. The molecule has 1 aliphatic rings. The van der Waals surface area contributed by atoms with E-state index in [2.05, 4.69) is 0 Å². The lowest BCUT2D eigenvalue weighted by Gasteiger charge is -2.26. The molecule has 0 radical (unpaired) electrons. The highest BCUT2D eigenvalue weighted by molar-refractivity contribution is 7.99. The summed E-state index contributed by atoms with van der Waals surface area (Å²) in [5.74, 6) is 2.75. The van der Waals surface area contributed by atoms with E-state index in [1.165, 1.54) is 0 Å². The monoisotopic (exact) mass is 235 g/mol. The van der Waals surface area contributed by atoms with E-state index in [0.717, 1.165) is 30.0 Å². The van der Waals surface area contributed by atoms with Crippen LogP contribution in [0.15, 0.2) is 30.3 Å². The molecule has 1 aromatic rings. The fraction of sp³-hybridized carbons (Fsp3) is 0.462. The standard InChI is InChI=1S/C13H17NOS/c1-14(12-5-3-2-4-6-12)13(15)11-7-9-16-10-8-11/h2-6,11H,7-10H2,1H3. The van der Waals surface area contributed by atoms with Gasteiger partial charge in [-0.05, 0) is 36.5 Å². The van der Waals surface area contributed by atoms with Crippen LogP contribution in [0.1, 0.15) is 12.8 Å². The lowest BCUT2D eigenvalue weighted by atomic mass is 10.0. The maximum Gasteiger partial charge on any atom is 0.229 e. The van der Waals surface area contributed by atoms with Gasteiger partial charge in [0.1, 0.15) is 0 Å². The average Bonchev–Trinajstić information content (AvgIpc) is 2.39. The van der Waals surface area contributed by atoms with Crippen molar-refractivity contribution in [2.75, 3.05) is 23.5 Å². The molecule has 16 heavy (non-hydrogen) atoms. The normalized spacial score (nSPS) is 17.1. The number of nitrogens with zero attached hydrogens (tertiary/aromatic N) is 1. The van der Waals surface area contributed by atoms with Gasteiger partial charge < -0.3 is 4.90 Å². The van der Waals surface area contributed by atoms with Gasteiger partial charge in [0.25, 0.3) is 0 Å². The van der Waals surface area contributed by atoms with Crippen LogP contribution in [-0.4, -0.2) is 24.5 Å². The second kappa shape index (κ2) is 5.39. The molecule has 0 spiro atoms. The van der Waals surface area contributed by atoms with Crippen LogP contribution in [0.4, 0.5) is 5.69 Å². The number of hydrogen-bond acceptors (Lipinski definition) is 2. The first kappa shape index (κ1) is 11.5. The molecule has 1 aromatic carbocycles. The molecule has 2 nitrogen and oxygen atoms in total. The lowest BCUT2D eigenvalue weighted by Crippen LogP contribution is -2.34. The van der Waals surface area contributed by atoms with Gasteiger partial charge in [0, 0.05) is 18.7 Å². The van der Waals surface area contributed by atoms with Crippen molar-refractivity contribution >= 4 is 23.4 Å². The predicted octanol–water partition coefficient (Wildman–Crippen LogP) is 2.79. The molecule has 0 atom stereocenters. The Morgan fingerprint density at radius 1 is 1.25 bits per heavy atom. The zero-order valence-corrected chi connectivity index (χ0v) is 10.4. The van der Waals surface area contributed by atoms with E-state index in [-0.39, 0.29) is 11.8 Å². The number of para-hydroxylation sites is 1. The topological polar surface area (TPSA) is 20.3 Å². The molecule has 0 unspecified atom stereocenters. The average molecular weight is 235 g/mol. The highest BCUT2D eigenvalue weighted by Crippen LogP contribution is 2.25. The maximum absolute atomic E-state index is 12.2. The molecule has 0 saturated carbocycles. The summed E-state index contributed by atoms with van der Waals surface area (Å²) in [6, 6.07) is 9.87. The molecular formula is C13H17NOS. The molecule has 0 aliphatic carbocycles. The van der Waals surface area contributed by atoms with Gasteiger partial charge in [-0.1, -0.05) is 18.2 Å². The summed E-state index contributed by atoms with van der Waals surface area (Å²) in [6.45, 7) is 0. The van der Waals surface area contributed by atoms with E-state index in [4.69, 9.17) is 0 Å². The minimum Gasteiger partial charge on any atom is -0.315 e. The van der Waals surface area contributed by atoms with Gasteiger partial charge in [-0.15, -0.1) is 0 Å². The first-order valence-electron chi connectivity index (χ1n) is 5.69. The Morgan fingerprint density at radius 3 is 2.50 bits per heavy atom.